The molecule has 3 heterocycles. The van der Waals surface area contributed by atoms with Crippen LogP contribution in [0.1, 0.15) is 284 Å². The van der Waals surface area contributed by atoms with Crippen LogP contribution in [0.5, 0.6) is 5.75 Å². The zero-order chi connectivity index (χ0) is 101. The second kappa shape index (κ2) is 66.2. The van der Waals surface area contributed by atoms with Crippen LogP contribution in [0, 0.1) is 23.5 Å². The number of alkyl carbamates (subject to hydrolysis) is 5. The van der Waals surface area contributed by atoms with Crippen molar-refractivity contribution >= 4 is 77.0 Å². The molecule has 750 valence electrons. The number of carbonyl (C=O) groups is 8. The second-order valence-electron chi connectivity index (χ2n) is 37.8. The number of Topliss-reactive ketones (excluding diaryl/α,β-unsaturated/α-hetero) is 1. The smallest absolute Gasteiger partial charge is 0.407 e. The predicted octanol–water partition coefficient (Wildman–Crippen LogP) is 13.5. The van der Waals surface area contributed by atoms with Gasteiger partial charge >= 0.3 is 30.5 Å². The van der Waals surface area contributed by atoms with Crippen LogP contribution in [0.3, 0.4) is 0 Å². The van der Waals surface area contributed by atoms with Crippen LogP contribution in [0.15, 0.2) is 34.3 Å². The third kappa shape index (κ3) is 72.1. The summed E-state index contributed by atoms with van der Waals surface area (Å²) in [5.41, 5.74) is 15.5. The molecular formula is C89H170F2N16O19P2S. The molecule has 1 saturated heterocycles. The number of hydrogen-bond donors (Lipinski definition) is 12. The Morgan fingerprint density at radius 1 is 0.651 bits per heavy atom. The molecule has 6 amide bonds. The Morgan fingerprint density at radius 3 is 1.43 bits per heavy atom. The highest BCUT2D eigenvalue weighted by atomic mass is 32.2. The molecule has 14 N–H and O–H groups in total. The van der Waals surface area contributed by atoms with Crippen molar-refractivity contribution in [2.45, 2.75) is 366 Å². The van der Waals surface area contributed by atoms with Gasteiger partial charge in [-0.2, -0.15) is 8.42 Å². The van der Waals surface area contributed by atoms with Crippen LogP contribution >= 0.6 is 18.5 Å². The Kier molecular flexibility index (Phi) is 65.7. The number of ether oxygens (including phenoxy) is 5. The Morgan fingerprint density at radius 2 is 1.06 bits per heavy atom. The number of hydrogen-bond acceptors (Lipinski definition) is 26. The molecule has 2 aromatic rings. The van der Waals surface area contributed by atoms with Crippen LogP contribution in [-0.2, 0) is 55.7 Å². The number of carbonyl (C=O) groups excluding carboxylic acids is 8. The maximum atomic E-state index is 13.9. The van der Waals surface area contributed by atoms with E-state index in [0.29, 0.717) is 31.1 Å². The van der Waals surface area contributed by atoms with E-state index in [4.69, 9.17) is 45.8 Å². The number of rotatable bonds is 29. The number of aromatic nitrogens is 1. The lowest BCUT2D eigenvalue weighted by Crippen LogP contribution is -2.64. The number of fused-ring (bicyclic) bond motifs is 2. The standard InChI is InChI=1S/C24H25F2N3O4.C12H24N2O2.C12H26N2O2.C9H19NO5S.C8H16N4O2.C8H18N2O2.C7H16N2.C4H8O.2C2H7P.CH4O/c1-13-8-9-28(16-5-6-16)20-12-27-11-17(22(31)23(32)21(27)24(33)29(13)20)19(30)7-3-14-2-4-15(25)10-18(14)26;1-9(7-8-13-10-5-6-10)14-11(15)16-12(2,3)4;1-9(2)7-13-8-10(3)14-11(15)16-12(4,5)6;1-7(6-14-16(5,12)13)10-8(11)15-9(2,3)4;1-6(5-10-12-9)11-7(13)14-8(2,3)4;1-6(5-9)10-7(11)12-8(2,3)4;1-6(8)4-5-9-7-2-3-7;1-4(2)3-5;2*1-2-3;1-2/h2,4,10-11,13,16,20,32H,3,5-9,12H2,1H3;9-10,13H,5-8H2,1-4H3,(H,14,15);9-10,13H,7-8H2,1-6H3,(H,14,15);7H,6H2,1-5H3,(H,10,11);6H,5H2,1-4H3,(H,11,13);6H,5,9H2,1-4H3,(H,10,11);6-7,9H,2-5,8H2,1H3;3-4H,1-2H3;2*2-3H2,1H3;2H,1H3/t13-,20-;9-;10-;7-;3*6-;;;;/m0011110..../s1. The number of benzene rings is 1. The molecule has 5 aliphatic rings. The molecule has 7 rings (SSSR count). The first-order valence-electron chi connectivity index (χ1n) is 44.7. The normalized spacial score (nSPS) is 16.4. The molecule has 2 aliphatic heterocycles. The number of ketones is 1. The summed E-state index contributed by atoms with van der Waals surface area (Å²) >= 11 is 0. The largest absolute Gasteiger partial charge is 0.503 e. The summed E-state index contributed by atoms with van der Waals surface area (Å²) < 4.78 is 79.8. The average molecular weight is 1900 g/mol. The van der Waals surface area contributed by atoms with Crippen LogP contribution in [-0.4, -0.2) is 254 Å². The number of aryl methyl sites for hydroxylation is 1. The van der Waals surface area contributed by atoms with Crippen molar-refractivity contribution in [3.8, 4) is 5.75 Å². The van der Waals surface area contributed by atoms with Gasteiger partial charge in [0.25, 0.3) is 16.0 Å². The SMILES string of the molecule is CC(C)C=O.CC(C)CNC[C@@H](C)NC(=O)OC(C)(C)C.CCP.CCP.CO.C[C@@H](CCNC1CC1)NC(=O)OC(C)(C)C.C[C@H](CN)NC(=O)OC(C)(C)C.C[C@H](CN=[N+]=[N-])NC(=O)OC(C)(C)C.C[C@H](COS(C)(=O)=O)NC(=O)OC(C)(C)C.C[C@H](N)CCNC1CC1.C[C@H]1CCN(C2CC2)[C@@H]2Cn3cc(C(=O)CCc4ccc(F)cc4F)c(=O)c(O)c3C(=O)N12. The number of aromatic hydroxyl groups is 1. The maximum absolute atomic E-state index is 13.9. The number of aldehydes is 1. The predicted molar refractivity (Wildman–Crippen MR) is 515 cm³/mol. The average Bonchev–Trinajstić information content (AvgIpc) is 1.52. The van der Waals surface area contributed by atoms with E-state index in [-0.39, 0.29) is 97.3 Å². The highest BCUT2D eigenvalue weighted by molar-refractivity contribution is 7.86. The van der Waals surface area contributed by atoms with Crippen LogP contribution in [0.4, 0.5) is 32.8 Å². The lowest BCUT2D eigenvalue weighted by Gasteiger charge is -2.50. The zero-order valence-corrected chi connectivity index (χ0v) is 86.6. The fourth-order valence-electron chi connectivity index (χ4n) is 10.4. The van der Waals surface area contributed by atoms with Crippen LogP contribution in [0.2, 0.25) is 0 Å². The van der Waals surface area contributed by atoms with E-state index in [2.05, 4.69) is 115 Å². The third-order valence-electron chi connectivity index (χ3n) is 16.6. The first kappa shape index (κ1) is 128. The Hall–Kier alpha value is -7.21. The van der Waals surface area contributed by atoms with Gasteiger partial charge in [-0.05, 0) is 272 Å². The lowest BCUT2D eigenvalue weighted by atomic mass is 10.00. The number of aliphatic hydroxyl groups excluding tert-OH is 1. The van der Waals surface area contributed by atoms with Crippen LogP contribution < -0.4 is 59.4 Å². The molecule has 1 aromatic carbocycles. The quantitative estimate of drug-likeness (QED) is 0.00526. The third-order valence-corrected chi connectivity index (χ3v) is 17.1. The van der Waals surface area contributed by atoms with E-state index >= 15 is 0 Å². The molecule has 129 heavy (non-hydrogen) atoms. The fourth-order valence-corrected chi connectivity index (χ4v) is 10.9. The van der Waals surface area contributed by atoms with E-state index in [1.165, 1.54) is 54.8 Å². The van der Waals surface area contributed by atoms with Gasteiger partial charge in [-0.25, -0.2) is 32.8 Å². The van der Waals surface area contributed by atoms with Crippen molar-refractivity contribution < 1.29 is 93.6 Å². The number of pyridine rings is 1. The zero-order valence-electron chi connectivity index (χ0n) is 83.4. The van der Waals surface area contributed by atoms with Crippen molar-refractivity contribution in [3.05, 3.63) is 73.5 Å². The van der Waals surface area contributed by atoms with E-state index in [0.717, 1.165) is 109 Å². The van der Waals surface area contributed by atoms with Crippen molar-refractivity contribution in [3.63, 3.8) is 0 Å². The summed E-state index contributed by atoms with van der Waals surface area (Å²) in [4.78, 5) is 111. The first-order valence-corrected chi connectivity index (χ1v) is 48.1. The molecule has 10 atom stereocenters. The minimum absolute atomic E-state index is 0.0186. The lowest BCUT2D eigenvalue weighted by molar-refractivity contribution is -0.110. The summed E-state index contributed by atoms with van der Waals surface area (Å²) in [5.74, 6) is -2.36. The molecule has 4 fully saturated rings. The molecule has 2 unspecified atom stereocenters. The summed E-state index contributed by atoms with van der Waals surface area (Å²) in [5, 5.41) is 44.3. The molecular weight excluding hydrogens is 1730 g/mol. The van der Waals surface area contributed by atoms with Crippen molar-refractivity contribution in [2.24, 2.45) is 28.4 Å². The number of azide groups is 1. The first-order chi connectivity index (χ1) is 59.4. The van der Waals surface area contributed by atoms with Gasteiger partial charge in [-0.1, -0.05) is 52.7 Å². The molecule has 1 aromatic heterocycles. The van der Waals surface area contributed by atoms with Gasteiger partial charge in [-0.3, -0.25) is 23.5 Å². The minimum atomic E-state index is -3.48. The van der Waals surface area contributed by atoms with Gasteiger partial charge < -0.3 is 102 Å². The van der Waals surface area contributed by atoms with E-state index in [1.807, 2.05) is 104 Å². The highest BCUT2D eigenvalue weighted by Gasteiger charge is 2.47. The van der Waals surface area contributed by atoms with E-state index in [9.17, 15) is 65.5 Å². The van der Waals surface area contributed by atoms with Gasteiger partial charge in [0.15, 0.2) is 17.2 Å². The summed E-state index contributed by atoms with van der Waals surface area (Å²) in [6, 6.07) is 4.98. The van der Waals surface area contributed by atoms with Gasteiger partial charge in [0.2, 0.25) is 5.43 Å². The van der Waals surface area contributed by atoms with Gasteiger partial charge in [0.05, 0.1) is 31.0 Å². The molecule has 0 bridgehead atoms. The number of halogens is 2. The molecule has 3 aliphatic carbocycles. The molecule has 0 spiro atoms. The topological polar surface area (TPSA) is 492 Å². The Bertz CT molecular complexity index is 3720. The van der Waals surface area contributed by atoms with Crippen molar-refractivity contribution in [1.29, 1.82) is 0 Å². The summed E-state index contributed by atoms with van der Waals surface area (Å²) in [6.07, 6.45) is 13.3. The van der Waals surface area contributed by atoms with Crippen molar-refractivity contribution in [1.82, 2.24) is 56.9 Å². The monoisotopic (exact) mass is 1900 g/mol. The van der Waals surface area contributed by atoms with Crippen molar-refractivity contribution in [2.75, 3.05) is 78.1 Å². The number of nitrogens with one attached hydrogen (secondary N) is 8. The van der Waals surface area contributed by atoms with Gasteiger partial charge in [0, 0.05) is 117 Å². The number of nitrogens with two attached hydrogens (primary N) is 2. The summed E-state index contributed by atoms with van der Waals surface area (Å²) in [6.45, 7) is 58.0. The molecule has 35 nitrogen and oxygen atoms in total. The van der Waals surface area contributed by atoms with Gasteiger partial charge in [0.1, 0.15) is 52.1 Å². The maximum Gasteiger partial charge on any atom is 0.407 e. The Labute approximate surface area is 775 Å². The molecule has 40 heteroatoms. The second-order valence-corrected chi connectivity index (χ2v) is 41.1. The van der Waals surface area contributed by atoms with E-state index < -0.39 is 96.9 Å². The fraction of sp³-hybridized carbons (Fsp3) is 0.787. The van der Waals surface area contributed by atoms with E-state index in [1.54, 1.807) is 60.3 Å². The molecule has 0 radical (unpaired) electrons. The number of amides is 6. The highest BCUT2D eigenvalue weighted by Crippen LogP contribution is 2.38. The number of aliphatic hydroxyl groups is 1. The summed E-state index contributed by atoms with van der Waals surface area (Å²) in [7, 11) is 2.68. The number of nitrogens with zero attached hydrogens (tertiary/aromatic N) is 6. The molecule has 3 saturated carbocycles. The Balaban J connectivity index is -0.000000717. The minimum Gasteiger partial charge on any atom is -0.503 e. The van der Waals surface area contributed by atoms with Gasteiger partial charge in [-0.15, -0.1) is 18.5 Å². The van der Waals surface area contributed by atoms with Crippen LogP contribution in [0.25, 0.3) is 10.4 Å².